The summed E-state index contributed by atoms with van der Waals surface area (Å²) in [5.74, 6) is 0.406. The summed E-state index contributed by atoms with van der Waals surface area (Å²) in [7, 11) is 0. The van der Waals surface area contributed by atoms with Crippen LogP contribution in [0.15, 0.2) is 0 Å². The van der Waals surface area contributed by atoms with Gasteiger partial charge < -0.3 is 5.32 Å². The Hall–Kier alpha value is -0.860. The number of unbranched alkanes of at least 4 members (excludes halogenated alkanes) is 2. The number of nitrogens with one attached hydrogen (secondary N) is 2. The van der Waals surface area contributed by atoms with Gasteiger partial charge >= 0.3 is 0 Å². The van der Waals surface area contributed by atoms with Crippen LogP contribution >= 0.6 is 0 Å². The maximum Gasteiger partial charge on any atom is 0.225 e. The van der Waals surface area contributed by atoms with Gasteiger partial charge in [0, 0.05) is 12.3 Å². The van der Waals surface area contributed by atoms with Crippen LogP contribution in [0.4, 0.5) is 0 Å². The number of amides is 1. The van der Waals surface area contributed by atoms with Crippen molar-refractivity contribution in [1.82, 2.24) is 5.32 Å². The van der Waals surface area contributed by atoms with E-state index in [2.05, 4.69) is 12.2 Å². The Kier molecular flexibility index (Phi) is 6.20. The fraction of sp³-hybridized carbons (Fsp3) is 0.800. The third kappa shape index (κ3) is 6.31. The molecule has 0 aliphatic heterocycles. The molecule has 3 nitrogen and oxygen atoms in total. The van der Waals surface area contributed by atoms with Crippen molar-refractivity contribution < 1.29 is 4.79 Å². The molecule has 0 aliphatic carbocycles. The molecule has 0 spiro atoms. The van der Waals surface area contributed by atoms with Crippen LogP contribution in [0.3, 0.4) is 0 Å². The van der Waals surface area contributed by atoms with Gasteiger partial charge in [0.1, 0.15) is 5.84 Å². The second-order valence-corrected chi connectivity index (χ2v) is 3.57. The Balaban J connectivity index is 3.56. The second-order valence-electron chi connectivity index (χ2n) is 3.57. The quantitative estimate of drug-likeness (QED) is 0.384. The molecule has 0 atom stereocenters. The lowest BCUT2D eigenvalue weighted by atomic mass is 10.1. The average Bonchev–Trinajstić information content (AvgIpc) is 2.04. The van der Waals surface area contributed by atoms with Gasteiger partial charge in [-0.25, -0.2) is 0 Å². The molecule has 13 heavy (non-hydrogen) atoms. The number of carbonyl (C=O) groups excluding carboxylic acids is 1. The lowest BCUT2D eigenvalue weighted by Gasteiger charge is -2.08. The molecule has 0 unspecified atom stereocenters. The van der Waals surface area contributed by atoms with Gasteiger partial charge in [0.15, 0.2) is 0 Å². The lowest BCUT2D eigenvalue weighted by molar-refractivity contribution is -0.119. The van der Waals surface area contributed by atoms with Crippen molar-refractivity contribution in [2.75, 3.05) is 0 Å². The molecule has 1 amide bonds. The van der Waals surface area contributed by atoms with Crippen LogP contribution in [0.25, 0.3) is 0 Å². The molecule has 0 aromatic rings. The van der Waals surface area contributed by atoms with Crippen LogP contribution < -0.4 is 5.32 Å². The molecule has 0 saturated carbocycles. The molecule has 0 saturated heterocycles. The van der Waals surface area contributed by atoms with Crippen molar-refractivity contribution in [3.63, 3.8) is 0 Å². The molecule has 2 N–H and O–H groups in total. The van der Waals surface area contributed by atoms with Gasteiger partial charge in [-0.3, -0.25) is 10.2 Å². The van der Waals surface area contributed by atoms with Gasteiger partial charge in [-0.05, 0) is 6.42 Å². The maximum absolute atomic E-state index is 11.2. The molecule has 3 heteroatoms. The molecule has 0 heterocycles. The number of carbonyl (C=O) groups is 1. The van der Waals surface area contributed by atoms with Gasteiger partial charge in [-0.1, -0.05) is 33.6 Å². The highest BCUT2D eigenvalue weighted by atomic mass is 16.1. The van der Waals surface area contributed by atoms with Gasteiger partial charge in [-0.15, -0.1) is 0 Å². The zero-order valence-electron chi connectivity index (χ0n) is 8.81. The normalized spacial score (nSPS) is 10.2. The standard InChI is InChI=1S/C10H20N2O/c1-4-5-6-7-9(13)12-10(11)8(2)3/h8H,4-7H2,1-3H3,(H2,11,12,13). The van der Waals surface area contributed by atoms with E-state index in [1.54, 1.807) is 0 Å². The summed E-state index contributed by atoms with van der Waals surface area (Å²) in [4.78, 5) is 11.2. The smallest absolute Gasteiger partial charge is 0.225 e. The van der Waals surface area contributed by atoms with Crippen molar-refractivity contribution in [3.8, 4) is 0 Å². The number of hydrogen-bond donors (Lipinski definition) is 2. The van der Waals surface area contributed by atoms with Crippen LogP contribution in [0.5, 0.6) is 0 Å². The molecule has 76 valence electrons. The van der Waals surface area contributed by atoms with Crippen molar-refractivity contribution in [3.05, 3.63) is 0 Å². The van der Waals surface area contributed by atoms with Crippen LogP contribution in [0.1, 0.15) is 46.5 Å². The van der Waals surface area contributed by atoms with Crippen LogP contribution in [-0.4, -0.2) is 11.7 Å². The molecular weight excluding hydrogens is 164 g/mol. The van der Waals surface area contributed by atoms with Gasteiger partial charge in [0.25, 0.3) is 0 Å². The minimum atomic E-state index is -0.0212. The Bertz CT molecular complexity index is 176. The SMILES string of the molecule is CCCCCC(=O)NC(=N)C(C)C. The van der Waals surface area contributed by atoms with E-state index in [-0.39, 0.29) is 11.8 Å². The van der Waals surface area contributed by atoms with E-state index in [1.165, 1.54) is 0 Å². The zero-order chi connectivity index (χ0) is 10.3. The predicted octanol–water partition coefficient (Wildman–Crippen LogP) is 2.32. The molecule has 0 aromatic carbocycles. The Labute approximate surface area is 80.4 Å². The number of amidine groups is 1. The van der Waals surface area contributed by atoms with Crippen molar-refractivity contribution in [2.24, 2.45) is 5.92 Å². The highest BCUT2D eigenvalue weighted by molar-refractivity contribution is 5.97. The average molecular weight is 184 g/mol. The lowest BCUT2D eigenvalue weighted by Crippen LogP contribution is -2.32. The van der Waals surface area contributed by atoms with Gasteiger partial charge in [0.05, 0.1) is 0 Å². The Morgan fingerprint density at radius 2 is 2.00 bits per heavy atom. The van der Waals surface area contributed by atoms with E-state index in [0.717, 1.165) is 19.3 Å². The first-order valence-electron chi connectivity index (χ1n) is 4.96. The first kappa shape index (κ1) is 12.1. The monoisotopic (exact) mass is 184 g/mol. The highest BCUT2D eigenvalue weighted by Crippen LogP contribution is 1.99. The number of hydrogen-bond acceptors (Lipinski definition) is 2. The first-order chi connectivity index (χ1) is 6.07. The number of rotatable bonds is 5. The summed E-state index contributed by atoms with van der Waals surface area (Å²) >= 11 is 0. The third-order valence-electron chi connectivity index (χ3n) is 1.86. The molecule has 0 aliphatic rings. The molecule has 0 bridgehead atoms. The largest absolute Gasteiger partial charge is 0.315 e. The summed E-state index contributed by atoms with van der Waals surface area (Å²) in [6.45, 7) is 5.90. The van der Waals surface area contributed by atoms with Crippen molar-refractivity contribution in [2.45, 2.75) is 46.5 Å². The maximum atomic E-state index is 11.2. The van der Waals surface area contributed by atoms with Crippen molar-refractivity contribution >= 4 is 11.7 Å². The second kappa shape index (κ2) is 6.63. The summed E-state index contributed by atoms with van der Waals surface area (Å²) in [6, 6.07) is 0. The van der Waals surface area contributed by atoms with Gasteiger partial charge in [0.2, 0.25) is 5.91 Å². The minimum absolute atomic E-state index is 0.0212. The van der Waals surface area contributed by atoms with E-state index in [9.17, 15) is 4.79 Å². The van der Waals surface area contributed by atoms with E-state index in [4.69, 9.17) is 5.41 Å². The van der Waals surface area contributed by atoms with E-state index in [0.29, 0.717) is 12.3 Å². The Morgan fingerprint density at radius 1 is 1.38 bits per heavy atom. The fourth-order valence-electron chi connectivity index (χ4n) is 0.893. The molecule has 0 aromatic heterocycles. The van der Waals surface area contributed by atoms with E-state index < -0.39 is 0 Å². The molecule has 0 radical (unpaired) electrons. The Morgan fingerprint density at radius 3 is 2.46 bits per heavy atom. The predicted molar refractivity (Wildman–Crippen MR) is 54.8 cm³/mol. The van der Waals surface area contributed by atoms with Crippen LogP contribution in [0.2, 0.25) is 0 Å². The molecular formula is C10H20N2O. The minimum Gasteiger partial charge on any atom is -0.315 e. The third-order valence-corrected chi connectivity index (χ3v) is 1.86. The van der Waals surface area contributed by atoms with Crippen LogP contribution in [-0.2, 0) is 4.79 Å². The summed E-state index contributed by atoms with van der Waals surface area (Å²) in [5.41, 5.74) is 0. The summed E-state index contributed by atoms with van der Waals surface area (Å²) in [5, 5.41) is 10.0. The van der Waals surface area contributed by atoms with Crippen LogP contribution in [0, 0.1) is 11.3 Å². The van der Waals surface area contributed by atoms with E-state index in [1.807, 2.05) is 13.8 Å². The molecule has 0 fully saturated rings. The highest BCUT2D eigenvalue weighted by Gasteiger charge is 2.06. The topological polar surface area (TPSA) is 53.0 Å². The van der Waals surface area contributed by atoms with Gasteiger partial charge in [-0.2, -0.15) is 0 Å². The fourth-order valence-corrected chi connectivity index (χ4v) is 0.893. The summed E-state index contributed by atoms with van der Waals surface area (Å²) < 4.78 is 0. The first-order valence-corrected chi connectivity index (χ1v) is 4.96. The molecule has 0 rings (SSSR count). The van der Waals surface area contributed by atoms with Crippen molar-refractivity contribution in [1.29, 1.82) is 5.41 Å². The zero-order valence-corrected chi connectivity index (χ0v) is 8.81. The van der Waals surface area contributed by atoms with E-state index >= 15 is 0 Å². The summed E-state index contributed by atoms with van der Waals surface area (Å²) in [6.07, 6.45) is 3.67.